The molecule has 0 aliphatic heterocycles. The first-order valence-electron chi connectivity index (χ1n) is 29.0. The lowest BCUT2D eigenvalue weighted by atomic mass is 10.0. The molecule has 0 saturated heterocycles. The van der Waals surface area contributed by atoms with Gasteiger partial charge < -0.3 is 20.3 Å². The summed E-state index contributed by atoms with van der Waals surface area (Å²) in [5.41, 5.74) is 0. The summed E-state index contributed by atoms with van der Waals surface area (Å²) < 4.78 is 5.48. The molecule has 1 amide bonds. The van der Waals surface area contributed by atoms with Gasteiger partial charge >= 0.3 is 5.97 Å². The van der Waals surface area contributed by atoms with E-state index in [9.17, 15) is 19.8 Å². The fraction of sp³-hybridized carbons (Fsp3) is 0.931. The van der Waals surface area contributed by atoms with Crippen molar-refractivity contribution in [3.05, 3.63) is 12.2 Å². The minimum Gasteiger partial charge on any atom is -0.466 e. The number of hydrogen-bond acceptors (Lipinski definition) is 5. The molecule has 6 heteroatoms. The molecule has 0 fully saturated rings. The second-order valence-corrected chi connectivity index (χ2v) is 20.0. The van der Waals surface area contributed by atoms with Crippen LogP contribution in [-0.2, 0) is 14.3 Å². The van der Waals surface area contributed by atoms with Crippen molar-refractivity contribution in [2.24, 2.45) is 0 Å². The molecule has 0 heterocycles. The van der Waals surface area contributed by atoms with Gasteiger partial charge in [-0.25, -0.2) is 0 Å². The minimum absolute atomic E-state index is 0.0156. The van der Waals surface area contributed by atoms with Crippen LogP contribution in [-0.4, -0.2) is 47.4 Å². The highest BCUT2D eigenvalue weighted by Crippen LogP contribution is 2.17. The van der Waals surface area contributed by atoms with Crippen molar-refractivity contribution in [3.8, 4) is 0 Å². The lowest BCUT2D eigenvalue weighted by molar-refractivity contribution is -0.143. The van der Waals surface area contributed by atoms with E-state index >= 15 is 0 Å². The van der Waals surface area contributed by atoms with Gasteiger partial charge in [-0.15, -0.1) is 0 Å². The predicted octanol–water partition coefficient (Wildman–Crippen LogP) is 17.7. The number of allylic oxidation sites excluding steroid dienone is 1. The summed E-state index contributed by atoms with van der Waals surface area (Å²) in [5, 5.41) is 23.1. The van der Waals surface area contributed by atoms with Gasteiger partial charge in [-0.05, 0) is 32.1 Å². The standard InChI is InChI=1S/C58H113NO5/c1-3-5-7-9-11-13-15-17-19-21-23-24-26-28-30-34-38-42-46-50-56(61)55(54-60)59-57(62)51-47-43-39-35-32-33-37-41-45-49-53-64-58(63)52-48-44-40-36-31-29-27-25-22-20-18-16-14-12-10-8-6-4-2/h46,50,55-56,60-61H,3-45,47-49,51-54H2,1-2H3,(H,59,62)/b50-46+. The second-order valence-electron chi connectivity index (χ2n) is 20.0. The molecule has 0 rings (SSSR count). The minimum atomic E-state index is -0.858. The normalized spacial score (nSPS) is 12.6. The molecule has 0 aromatic heterocycles. The van der Waals surface area contributed by atoms with E-state index in [1.165, 1.54) is 238 Å². The van der Waals surface area contributed by atoms with E-state index in [-0.39, 0.29) is 18.5 Å². The number of rotatable bonds is 54. The number of carbonyl (C=O) groups excluding carboxylic acids is 2. The van der Waals surface area contributed by atoms with Gasteiger partial charge in [0.2, 0.25) is 5.91 Å². The first-order valence-corrected chi connectivity index (χ1v) is 29.0. The third kappa shape index (κ3) is 50.0. The third-order valence-electron chi connectivity index (χ3n) is 13.6. The fourth-order valence-electron chi connectivity index (χ4n) is 9.11. The Morgan fingerprint density at radius 1 is 0.422 bits per heavy atom. The molecule has 380 valence electrons. The zero-order chi connectivity index (χ0) is 46.5. The van der Waals surface area contributed by atoms with E-state index < -0.39 is 12.1 Å². The quantitative estimate of drug-likeness (QED) is 0.0321. The molecule has 2 unspecified atom stereocenters. The molecule has 0 aromatic carbocycles. The summed E-state index contributed by atoms with van der Waals surface area (Å²) in [4.78, 5) is 24.6. The number of nitrogens with one attached hydrogen (secondary N) is 1. The number of ether oxygens (including phenoxy) is 1. The average molecular weight is 905 g/mol. The molecule has 0 saturated carbocycles. The lowest BCUT2D eigenvalue weighted by Crippen LogP contribution is -2.45. The summed E-state index contributed by atoms with van der Waals surface area (Å²) in [7, 11) is 0. The highest BCUT2D eigenvalue weighted by Gasteiger charge is 2.18. The van der Waals surface area contributed by atoms with Crippen LogP contribution in [0.3, 0.4) is 0 Å². The Kier molecular flexibility index (Phi) is 53.0. The van der Waals surface area contributed by atoms with Crippen molar-refractivity contribution in [1.29, 1.82) is 0 Å². The van der Waals surface area contributed by atoms with Gasteiger partial charge in [-0.2, -0.15) is 0 Å². The molecule has 0 aliphatic carbocycles. The Morgan fingerprint density at radius 3 is 1.06 bits per heavy atom. The molecule has 3 N–H and O–H groups in total. The second kappa shape index (κ2) is 54.2. The van der Waals surface area contributed by atoms with Gasteiger partial charge in [-0.3, -0.25) is 9.59 Å². The largest absolute Gasteiger partial charge is 0.466 e. The van der Waals surface area contributed by atoms with Crippen LogP contribution in [0.25, 0.3) is 0 Å². The van der Waals surface area contributed by atoms with Crippen LogP contribution >= 0.6 is 0 Å². The maximum absolute atomic E-state index is 12.5. The van der Waals surface area contributed by atoms with Crippen molar-refractivity contribution in [3.63, 3.8) is 0 Å². The van der Waals surface area contributed by atoms with E-state index in [0.717, 1.165) is 57.8 Å². The van der Waals surface area contributed by atoms with Gasteiger partial charge in [-0.1, -0.05) is 289 Å². The van der Waals surface area contributed by atoms with E-state index in [2.05, 4.69) is 19.2 Å². The number of esters is 1. The Bertz CT molecular complexity index is 955. The van der Waals surface area contributed by atoms with E-state index in [1.54, 1.807) is 6.08 Å². The lowest BCUT2D eigenvalue weighted by Gasteiger charge is -2.20. The van der Waals surface area contributed by atoms with Gasteiger partial charge in [0, 0.05) is 12.8 Å². The molecule has 0 bridgehead atoms. The first kappa shape index (κ1) is 62.6. The van der Waals surface area contributed by atoms with Gasteiger partial charge in [0.15, 0.2) is 0 Å². The monoisotopic (exact) mass is 904 g/mol. The van der Waals surface area contributed by atoms with Crippen LogP contribution in [0.15, 0.2) is 12.2 Å². The number of unbranched alkanes of at least 4 members (excludes halogenated alkanes) is 43. The Balaban J connectivity index is 3.48. The van der Waals surface area contributed by atoms with E-state index in [0.29, 0.717) is 19.4 Å². The average Bonchev–Trinajstić information content (AvgIpc) is 3.29. The van der Waals surface area contributed by atoms with Crippen molar-refractivity contribution in [1.82, 2.24) is 5.32 Å². The maximum atomic E-state index is 12.5. The topological polar surface area (TPSA) is 95.9 Å². The van der Waals surface area contributed by atoms with Crippen LogP contribution in [0, 0.1) is 0 Å². The molecular formula is C58H113NO5. The maximum Gasteiger partial charge on any atom is 0.305 e. The summed E-state index contributed by atoms with van der Waals surface area (Å²) in [6.07, 6.45) is 63.7. The van der Waals surface area contributed by atoms with Crippen LogP contribution in [0.5, 0.6) is 0 Å². The van der Waals surface area contributed by atoms with Crippen molar-refractivity contribution in [2.45, 2.75) is 334 Å². The van der Waals surface area contributed by atoms with E-state index in [4.69, 9.17) is 4.74 Å². The van der Waals surface area contributed by atoms with Gasteiger partial charge in [0.1, 0.15) is 0 Å². The van der Waals surface area contributed by atoms with E-state index in [1.807, 2.05) is 6.08 Å². The first-order chi connectivity index (χ1) is 31.5. The highest BCUT2D eigenvalue weighted by atomic mass is 16.5. The number of amides is 1. The molecule has 6 nitrogen and oxygen atoms in total. The molecule has 2 atom stereocenters. The van der Waals surface area contributed by atoms with Crippen LogP contribution in [0.1, 0.15) is 322 Å². The molecular weight excluding hydrogens is 791 g/mol. The zero-order valence-electron chi connectivity index (χ0n) is 43.3. The van der Waals surface area contributed by atoms with Gasteiger partial charge in [0.25, 0.3) is 0 Å². The number of aliphatic hydroxyl groups excluding tert-OH is 2. The zero-order valence-corrected chi connectivity index (χ0v) is 43.3. The predicted molar refractivity (Wildman–Crippen MR) is 278 cm³/mol. The smallest absolute Gasteiger partial charge is 0.305 e. The number of hydrogen-bond donors (Lipinski definition) is 3. The van der Waals surface area contributed by atoms with Gasteiger partial charge in [0.05, 0.1) is 25.4 Å². The number of carbonyl (C=O) groups is 2. The SMILES string of the molecule is CCCCCCCCCCCCCCCCCCC/C=C/C(O)C(CO)NC(=O)CCCCCCCCCCCCOC(=O)CCCCCCCCCCCCCCCCCCCC. The molecule has 0 spiro atoms. The third-order valence-corrected chi connectivity index (χ3v) is 13.6. The molecule has 64 heavy (non-hydrogen) atoms. The van der Waals surface area contributed by atoms with Crippen LogP contribution in [0.4, 0.5) is 0 Å². The number of aliphatic hydroxyl groups is 2. The summed E-state index contributed by atoms with van der Waals surface area (Å²) in [6, 6.07) is -0.644. The van der Waals surface area contributed by atoms with Crippen molar-refractivity contribution in [2.75, 3.05) is 13.2 Å². The van der Waals surface area contributed by atoms with Crippen molar-refractivity contribution >= 4 is 11.9 Å². The molecule has 0 aromatic rings. The summed E-state index contributed by atoms with van der Waals surface area (Å²) >= 11 is 0. The Labute approximate surface area is 399 Å². The van der Waals surface area contributed by atoms with Crippen LogP contribution in [0.2, 0.25) is 0 Å². The highest BCUT2D eigenvalue weighted by molar-refractivity contribution is 5.76. The Hall–Kier alpha value is -1.40. The van der Waals surface area contributed by atoms with Crippen LogP contribution < -0.4 is 5.32 Å². The summed E-state index contributed by atoms with van der Waals surface area (Å²) in [6.45, 7) is 4.88. The molecule has 0 radical (unpaired) electrons. The molecule has 0 aliphatic rings. The summed E-state index contributed by atoms with van der Waals surface area (Å²) in [5.74, 6) is -0.103. The Morgan fingerprint density at radius 2 is 0.719 bits per heavy atom. The fourth-order valence-corrected chi connectivity index (χ4v) is 9.11. The van der Waals surface area contributed by atoms with Crippen molar-refractivity contribution < 1.29 is 24.5 Å².